The molecule has 1 nitrogen and oxygen atoms in total. The number of halogens is 3. The molecule has 0 aliphatic heterocycles. The molecular formula is C9H7F3OS. The van der Waals surface area contributed by atoms with Gasteiger partial charge < -0.3 is 4.79 Å². The van der Waals surface area contributed by atoms with Crippen LogP contribution in [0.15, 0.2) is 29.2 Å². The Morgan fingerprint density at radius 2 is 2.07 bits per heavy atom. The van der Waals surface area contributed by atoms with Crippen molar-refractivity contribution >= 4 is 18.0 Å². The SMILES string of the molecule is O=CCSc1cccc(C(F)(F)F)c1. The zero-order valence-electron chi connectivity index (χ0n) is 7.04. The lowest BCUT2D eigenvalue weighted by Gasteiger charge is -2.07. The van der Waals surface area contributed by atoms with E-state index in [4.69, 9.17) is 0 Å². The molecule has 0 unspecified atom stereocenters. The second kappa shape index (κ2) is 4.50. The molecule has 5 heteroatoms. The molecule has 0 radical (unpaired) electrons. The Kier molecular flexibility index (Phi) is 3.57. The maximum Gasteiger partial charge on any atom is 0.416 e. The van der Waals surface area contributed by atoms with E-state index in [1.54, 1.807) is 6.07 Å². The molecule has 0 aliphatic carbocycles. The summed E-state index contributed by atoms with van der Waals surface area (Å²) in [6.45, 7) is 0. The average molecular weight is 220 g/mol. The van der Waals surface area contributed by atoms with Crippen LogP contribution in [0.3, 0.4) is 0 Å². The maximum atomic E-state index is 12.2. The first-order valence-corrected chi connectivity index (χ1v) is 4.76. The number of carbonyl (C=O) groups excluding carboxylic acids is 1. The third-order valence-electron chi connectivity index (χ3n) is 1.48. The summed E-state index contributed by atoms with van der Waals surface area (Å²) >= 11 is 1.08. The zero-order valence-corrected chi connectivity index (χ0v) is 7.86. The van der Waals surface area contributed by atoms with Gasteiger partial charge in [-0.25, -0.2) is 0 Å². The Labute approximate surface area is 83.3 Å². The van der Waals surface area contributed by atoms with Crippen LogP contribution in [0.4, 0.5) is 13.2 Å². The summed E-state index contributed by atoms with van der Waals surface area (Å²) in [5, 5.41) is 0. The van der Waals surface area contributed by atoms with Gasteiger partial charge in [-0.2, -0.15) is 13.2 Å². The van der Waals surface area contributed by atoms with Gasteiger partial charge in [-0.15, -0.1) is 11.8 Å². The van der Waals surface area contributed by atoms with E-state index in [9.17, 15) is 18.0 Å². The molecule has 1 rings (SSSR count). The Morgan fingerprint density at radius 3 is 2.64 bits per heavy atom. The summed E-state index contributed by atoms with van der Waals surface area (Å²) in [5.41, 5.74) is -0.687. The first-order valence-electron chi connectivity index (χ1n) is 3.78. The van der Waals surface area contributed by atoms with Crippen LogP contribution in [0.1, 0.15) is 5.56 Å². The second-order valence-corrected chi connectivity index (χ2v) is 3.60. The minimum Gasteiger partial charge on any atom is -0.302 e. The highest BCUT2D eigenvalue weighted by atomic mass is 32.2. The first kappa shape index (κ1) is 11.1. The summed E-state index contributed by atoms with van der Waals surface area (Å²) in [6.07, 6.45) is -3.66. The molecule has 1 aromatic carbocycles. The van der Waals surface area contributed by atoms with Gasteiger partial charge in [-0.1, -0.05) is 6.07 Å². The van der Waals surface area contributed by atoms with Gasteiger partial charge in [0.05, 0.1) is 11.3 Å². The molecule has 76 valence electrons. The number of alkyl halides is 3. The van der Waals surface area contributed by atoms with Gasteiger partial charge in [-0.3, -0.25) is 0 Å². The van der Waals surface area contributed by atoms with Gasteiger partial charge >= 0.3 is 6.18 Å². The third-order valence-corrected chi connectivity index (χ3v) is 2.37. The number of thioether (sulfide) groups is 1. The van der Waals surface area contributed by atoms with Gasteiger partial charge in [-0.05, 0) is 18.2 Å². The van der Waals surface area contributed by atoms with E-state index >= 15 is 0 Å². The van der Waals surface area contributed by atoms with Crippen molar-refractivity contribution in [2.75, 3.05) is 5.75 Å². The Hall–Kier alpha value is -0.970. The van der Waals surface area contributed by atoms with E-state index in [0.29, 0.717) is 11.2 Å². The molecule has 14 heavy (non-hydrogen) atoms. The van der Waals surface area contributed by atoms with Crippen LogP contribution in [0, 0.1) is 0 Å². The first-order chi connectivity index (χ1) is 6.54. The summed E-state index contributed by atoms with van der Waals surface area (Å²) in [4.78, 5) is 10.5. The molecule has 0 heterocycles. The summed E-state index contributed by atoms with van der Waals surface area (Å²) in [5.74, 6) is 0.168. The monoisotopic (exact) mass is 220 g/mol. The van der Waals surface area contributed by atoms with Crippen LogP contribution in [-0.2, 0) is 11.0 Å². The predicted octanol–water partition coefficient (Wildman–Crippen LogP) is 3.00. The molecule has 0 N–H and O–H groups in total. The third kappa shape index (κ3) is 3.06. The fourth-order valence-corrected chi connectivity index (χ4v) is 1.54. The molecule has 0 amide bonds. The molecule has 0 atom stereocenters. The van der Waals surface area contributed by atoms with Crippen molar-refractivity contribution in [1.82, 2.24) is 0 Å². The normalized spacial score (nSPS) is 11.4. The predicted molar refractivity (Wildman–Crippen MR) is 48.2 cm³/mol. The highest BCUT2D eigenvalue weighted by Gasteiger charge is 2.30. The van der Waals surface area contributed by atoms with Gasteiger partial charge in [0.1, 0.15) is 6.29 Å². The summed E-state index contributed by atoms with van der Waals surface area (Å²) in [7, 11) is 0. The molecule has 0 aromatic heterocycles. The number of hydrogen-bond acceptors (Lipinski definition) is 2. The van der Waals surface area contributed by atoms with E-state index in [1.807, 2.05) is 0 Å². The number of aldehydes is 1. The zero-order chi connectivity index (χ0) is 10.6. The van der Waals surface area contributed by atoms with E-state index in [-0.39, 0.29) is 5.75 Å². The molecule has 0 saturated carbocycles. The highest BCUT2D eigenvalue weighted by Crippen LogP contribution is 2.31. The quantitative estimate of drug-likeness (QED) is 0.575. The fourth-order valence-electron chi connectivity index (χ4n) is 0.892. The van der Waals surface area contributed by atoms with Crippen LogP contribution >= 0.6 is 11.8 Å². The summed E-state index contributed by atoms with van der Waals surface area (Å²) < 4.78 is 36.6. The van der Waals surface area contributed by atoms with E-state index in [0.717, 1.165) is 23.9 Å². The fraction of sp³-hybridized carbons (Fsp3) is 0.222. The number of rotatable bonds is 3. The topological polar surface area (TPSA) is 17.1 Å². The summed E-state index contributed by atoms with van der Waals surface area (Å²) in [6, 6.07) is 4.92. The minimum atomic E-state index is -4.32. The van der Waals surface area contributed by atoms with Crippen molar-refractivity contribution in [3.05, 3.63) is 29.8 Å². The van der Waals surface area contributed by atoms with Crippen molar-refractivity contribution in [2.24, 2.45) is 0 Å². The van der Waals surface area contributed by atoms with Crippen molar-refractivity contribution in [3.63, 3.8) is 0 Å². The van der Waals surface area contributed by atoms with Crippen LogP contribution in [-0.4, -0.2) is 12.0 Å². The molecule has 0 fully saturated rings. The second-order valence-electron chi connectivity index (χ2n) is 2.50. The average Bonchev–Trinajstić information content (AvgIpc) is 2.14. The highest BCUT2D eigenvalue weighted by molar-refractivity contribution is 7.99. The van der Waals surface area contributed by atoms with Gasteiger partial charge in [0.25, 0.3) is 0 Å². The minimum absolute atomic E-state index is 0.168. The number of benzene rings is 1. The Balaban J connectivity index is 2.84. The largest absolute Gasteiger partial charge is 0.416 e. The molecule has 0 aliphatic rings. The molecular weight excluding hydrogens is 213 g/mol. The van der Waals surface area contributed by atoms with Crippen LogP contribution in [0.25, 0.3) is 0 Å². The molecule has 0 saturated heterocycles. The Bertz CT molecular complexity index is 322. The van der Waals surface area contributed by atoms with E-state index in [1.165, 1.54) is 6.07 Å². The van der Waals surface area contributed by atoms with Gasteiger partial charge in [0.15, 0.2) is 0 Å². The van der Waals surface area contributed by atoms with Crippen LogP contribution in [0.5, 0.6) is 0 Å². The van der Waals surface area contributed by atoms with Gasteiger partial charge in [0, 0.05) is 4.90 Å². The molecule has 1 aromatic rings. The maximum absolute atomic E-state index is 12.2. The molecule has 0 spiro atoms. The van der Waals surface area contributed by atoms with Gasteiger partial charge in [0.2, 0.25) is 0 Å². The smallest absolute Gasteiger partial charge is 0.302 e. The number of hydrogen-bond donors (Lipinski definition) is 0. The van der Waals surface area contributed by atoms with Crippen molar-refractivity contribution in [3.8, 4) is 0 Å². The molecule has 0 bridgehead atoms. The van der Waals surface area contributed by atoms with E-state index < -0.39 is 11.7 Å². The lowest BCUT2D eigenvalue weighted by molar-refractivity contribution is -0.137. The van der Waals surface area contributed by atoms with E-state index in [2.05, 4.69) is 0 Å². The van der Waals surface area contributed by atoms with Crippen molar-refractivity contribution in [1.29, 1.82) is 0 Å². The van der Waals surface area contributed by atoms with Crippen molar-refractivity contribution in [2.45, 2.75) is 11.1 Å². The van der Waals surface area contributed by atoms with Crippen molar-refractivity contribution < 1.29 is 18.0 Å². The lowest BCUT2D eigenvalue weighted by Crippen LogP contribution is -2.04. The standard InChI is InChI=1S/C9H7F3OS/c10-9(11,12)7-2-1-3-8(6-7)14-5-4-13/h1-4,6H,5H2. The van der Waals surface area contributed by atoms with Crippen LogP contribution < -0.4 is 0 Å². The Morgan fingerprint density at radius 1 is 1.36 bits per heavy atom. The lowest BCUT2D eigenvalue weighted by atomic mass is 10.2. The van der Waals surface area contributed by atoms with Crippen LogP contribution in [0.2, 0.25) is 0 Å². The number of carbonyl (C=O) groups is 1.